The Balaban J connectivity index is 3.85. The predicted octanol–water partition coefficient (Wildman–Crippen LogP) is 1.04. The van der Waals surface area contributed by atoms with Crippen molar-refractivity contribution in [3.8, 4) is 6.19 Å². The average Bonchev–Trinajstić information content (AvgIpc) is 1.83. The van der Waals surface area contributed by atoms with Crippen molar-refractivity contribution in [2.75, 3.05) is 6.54 Å². The van der Waals surface area contributed by atoms with Crippen LogP contribution in [0.25, 0.3) is 0 Å². The number of aliphatic imine (C=N–C) groups is 1. The molecule has 0 unspecified atom stereocenters. The van der Waals surface area contributed by atoms with Crippen LogP contribution in [-0.2, 0) is 0 Å². The first-order valence-electron chi connectivity index (χ1n) is 2.68. The van der Waals surface area contributed by atoms with Gasteiger partial charge >= 0.3 is 6.18 Å². The summed E-state index contributed by atoms with van der Waals surface area (Å²) in [4.78, 5) is 3.04. The molecule has 0 saturated carbocycles. The number of hydrogen-bond acceptors (Lipinski definition) is 2. The fourth-order valence-corrected chi connectivity index (χ4v) is 0.329. The standard InChI is InChI=1S/C5H6F3N3/c1-4(11-3-9)10-2-5(6,7)8/h2H2,1H3,(H,10,11). The van der Waals surface area contributed by atoms with Crippen LogP contribution in [0.2, 0.25) is 0 Å². The average molecular weight is 165 g/mol. The first-order chi connectivity index (χ1) is 4.95. The molecule has 0 aliphatic carbocycles. The highest BCUT2D eigenvalue weighted by molar-refractivity contribution is 5.80. The maximum atomic E-state index is 11.4. The summed E-state index contributed by atoms with van der Waals surface area (Å²) in [7, 11) is 0. The molecule has 0 bridgehead atoms. The molecule has 0 spiro atoms. The van der Waals surface area contributed by atoms with Crippen LogP contribution >= 0.6 is 0 Å². The SMILES string of the molecule is CC(=NCC(F)(F)F)NC#N. The Bertz CT molecular complexity index is 188. The molecule has 11 heavy (non-hydrogen) atoms. The number of nitriles is 1. The molecule has 1 N–H and O–H groups in total. The van der Waals surface area contributed by atoms with E-state index in [-0.39, 0.29) is 5.84 Å². The number of alkyl halides is 3. The molecule has 0 aromatic rings. The van der Waals surface area contributed by atoms with Crippen LogP contribution in [0.3, 0.4) is 0 Å². The molecule has 0 aliphatic heterocycles. The monoisotopic (exact) mass is 165 g/mol. The third-order valence-electron chi connectivity index (χ3n) is 0.732. The summed E-state index contributed by atoms with van der Waals surface area (Å²) in [5, 5.41) is 9.92. The van der Waals surface area contributed by atoms with Gasteiger partial charge in [-0.05, 0) is 6.92 Å². The lowest BCUT2D eigenvalue weighted by atomic mass is 10.6. The Morgan fingerprint density at radius 2 is 2.18 bits per heavy atom. The summed E-state index contributed by atoms with van der Waals surface area (Å²) >= 11 is 0. The zero-order chi connectivity index (χ0) is 8.91. The summed E-state index contributed by atoms with van der Waals surface area (Å²) in [6.45, 7) is 0.0302. The van der Waals surface area contributed by atoms with Gasteiger partial charge in [0, 0.05) is 0 Å². The molecule has 62 valence electrons. The largest absolute Gasteiger partial charge is 0.408 e. The number of hydrogen-bond donors (Lipinski definition) is 1. The van der Waals surface area contributed by atoms with Crippen molar-refractivity contribution in [3.05, 3.63) is 0 Å². The number of nitrogens with one attached hydrogen (secondary N) is 1. The zero-order valence-electron chi connectivity index (χ0n) is 5.74. The van der Waals surface area contributed by atoms with E-state index < -0.39 is 12.7 Å². The lowest BCUT2D eigenvalue weighted by Gasteiger charge is -2.01. The molecule has 0 aromatic carbocycles. The van der Waals surface area contributed by atoms with Gasteiger partial charge in [-0.1, -0.05) is 0 Å². The first kappa shape index (κ1) is 9.75. The fraction of sp³-hybridized carbons (Fsp3) is 0.600. The molecule has 0 atom stereocenters. The van der Waals surface area contributed by atoms with Crippen LogP contribution in [0.5, 0.6) is 0 Å². The van der Waals surface area contributed by atoms with Crippen molar-refractivity contribution in [2.24, 2.45) is 4.99 Å². The third kappa shape index (κ3) is 6.64. The van der Waals surface area contributed by atoms with E-state index in [0.717, 1.165) is 0 Å². The van der Waals surface area contributed by atoms with E-state index in [0.29, 0.717) is 0 Å². The third-order valence-corrected chi connectivity index (χ3v) is 0.732. The molecule has 0 saturated heterocycles. The molecule has 0 radical (unpaired) electrons. The van der Waals surface area contributed by atoms with Crippen LogP contribution in [0.15, 0.2) is 4.99 Å². The van der Waals surface area contributed by atoms with Gasteiger partial charge in [-0.15, -0.1) is 0 Å². The topological polar surface area (TPSA) is 48.2 Å². The smallest absolute Gasteiger partial charge is 0.281 e. The highest BCUT2D eigenvalue weighted by atomic mass is 19.4. The van der Waals surface area contributed by atoms with E-state index in [1.165, 1.54) is 13.1 Å². The quantitative estimate of drug-likeness (QED) is 0.273. The van der Waals surface area contributed by atoms with Crippen molar-refractivity contribution in [2.45, 2.75) is 13.1 Å². The summed E-state index contributed by atoms with van der Waals surface area (Å²) in [6, 6.07) is 0. The Hall–Kier alpha value is -1.25. The predicted molar refractivity (Wildman–Crippen MR) is 32.8 cm³/mol. The van der Waals surface area contributed by atoms with Crippen molar-refractivity contribution < 1.29 is 13.2 Å². The Morgan fingerprint density at radius 3 is 2.55 bits per heavy atom. The first-order valence-corrected chi connectivity index (χ1v) is 2.68. The Labute approximate surface area is 61.5 Å². The molecule has 0 heterocycles. The van der Waals surface area contributed by atoms with Gasteiger partial charge in [-0.2, -0.15) is 18.4 Å². The van der Waals surface area contributed by atoms with E-state index >= 15 is 0 Å². The maximum absolute atomic E-state index is 11.4. The van der Waals surface area contributed by atoms with E-state index in [1.54, 1.807) is 0 Å². The number of halogens is 3. The van der Waals surface area contributed by atoms with Crippen molar-refractivity contribution >= 4 is 5.84 Å². The number of amidine groups is 1. The molecule has 0 aliphatic rings. The van der Waals surface area contributed by atoms with Gasteiger partial charge in [-0.25, -0.2) is 0 Å². The highest BCUT2D eigenvalue weighted by Gasteiger charge is 2.26. The van der Waals surface area contributed by atoms with Crippen LogP contribution in [0.1, 0.15) is 6.92 Å². The van der Waals surface area contributed by atoms with Gasteiger partial charge in [0.15, 0.2) is 6.19 Å². The van der Waals surface area contributed by atoms with E-state index in [1.807, 2.05) is 5.32 Å². The van der Waals surface area contributed by atoms with Crippen LogP contribution in [0, 0.1) is 11.5 Å². The minimum atomic E-state index is -4.31. The van der Waals surface area contributed by atoms with Gasteiger partial charge in [0.2, 0.25) is 0 Å². The minimum absolute atomic E-state index is 0.0372. The van der Waals surface area contributed by atoms with Gasteiger partial charge in [0.1, 0.15) is 12.4 Å². The van der Waals surface area contributed by atoms with Gasteiger partial charge in [-0.3, -0.25) is 10.3 Å². The van der Waals surface area contributed by atoms with Gasteiger partial charge < -0.3 is 0 Å². The normalized spacial score (nSPS) is 12.5. The van der Waals surface area contributed by atoms with Crippen molar-refractivity contribution in [3.63, 3.8) is 0 Å². The minimum Gasteiger partial charge on any atom is -0.281 e. The van der Waals surface area contributed by atoms with E-state index in [9.17, 15) is 13.2 Å². The number of nitrogens with zero attached hydrogens (tertiary/aromatic N) is 2. The molecule has 0 rings (SSSR count). The zero-order valence-corrected chi connectivity index (χ0v) is 5.74. The summed E-state index contributed by atoms with van der Waals surface area (Å²) in [5.41, 5.74) is 0. The van der Waals surface area contributed by atoms with Crippen LogP contribution in [0.4, 0.5) is 13.2 Å². The Kier molecular flexibility index (Phi) is 3.37. The molecular weight excluding hydrogens is 159 g/mol. The molecule has 0 aromatic heterocycles. The highest BCUT2D eigenvalue weighted by Crippen LogP contribution is 2.14. The van der Waals surface area contributed by atoms with Gasteiger partial charge in [0.05, 0.1) is 0 Å². The van der Waals surface area contributed by atoms with Crippen molar-refractivity contribution in [1.29, 1.82) is 5.26 Å². The fourth-order valence-electron chi connectivity index (χ4n) is 0.329. The Morgan fingerprint density at radius 1 is 1.64 bits per heavy atom. The molecule has 0 fully saturated rings. The maximum Gasteiger partial charge on any atom is 0.408 e. The molecule has 6 heteroatoms. The van der Waals surface area contributed by atoms with Crippen molar-refractivity contribution in [1.82, 2.24) is 5.32 Å². The summed E-state index contributed by atoms with van der Waals surface area (Å²) in [5.74, 6) is -0.0372. The second kappa shape index (κ2) is 3.81. The summed E-state index contributed by atoms with van der Waals surface area (Å²) < 4.78 is 34.3. The van der Waals surface area contributed by atoms with Crippen LogP contribution in [-0.4, -0.2) is 18.6 Å². The number of rotatable bonds is 1. The van der Waals surface area contributed by atoms with Crippen LogP contribution < -0.4 is 5.32 Å². The molecule has 3 nitrogen and oxygen atoms in total. The van der Waals surface area contributed by atoms with E-state index in [2.05, 4.69) is 4.99 Å². The lowest BCUT2D eigenvalue weighted by molar-refractivity contribution is -0.118. The summed E-state index contributed by atoms with van der Waals surface area (Å²) in [6.07, 6.45) is -2.85. The lowest BCUT2D eigenvalue weighted by Crippen LogP contribution is -2.18. The second-order valence-electron chi connectivity index (χ2n) is 1.75. The second-order valence-corrected chi connectivity index (χ2v) is 1.75. The molecular formula is C5H6F3N3. The van der Waals surface area contributed by atoms with E-state index in [4.69, 9.17) is 5.26 Å². The van der Waals surface area contributed by atoms with Gasteiger partial charge in [0.25, 0.3) is 0 Å². The molecule has 0 amide bonds.